The number of aliphatic carboxylic acids is 2. The summed E-state index contributed by atoms with van der Waals surface area (Å²) in [4.78, 5) is 61.2. The van der Waals surface area contributed by atoms with Crippen LogP contribution in [0.2, 0.25) is 0 Å². The van der Waals surface area contributed by atoms with E-state index >= 15 is 0 Å². The molecule has 0 aromatic heterocycles. The summed E-state index contributed by atoms with van der Waals surface area (Å²) in [6.45, 7) is 0. The third kappa shape index (κ3) is 9.75. The Kier molecular flexibility index (Phi) is 11.6. The summed E-state index contributed by atoms with van der Waals surface area (Å²) in [5.74, 6) is -5.26. The second kappa shape index (κ2) is 14.6. The van der Waals surface area contributed by atoms with Crippen LogP contribution in [0, 0.1) is 0 Å². The molecule has 0 aliphatic carbocycles. The zero-order chi connectivity index (χ0) is 28.2. The molecule has 2 rings (SSSR count). The lowest BCUT2D eigenvalue weighted by atomic mass is 10.0. The maximum Gasteiger partial charge on any atom is 0.327 e. The minimum absolute atomic E-state index is 0.00965. The van der Waals surface area contributed by atoms with Crippen molar-refractivity contribution in [2.24, 2.45) is 5.73 Å². The first-order valence-corrected chi connectivity index (χ1v) is 12.2. The van der Waals surface area contributed by atoms with Gasteiger partial charge in [-0.05, 0) is 23.3 Å². The van der Waals surface area contributed by atoms with Crippen LogP contribution in [0.4, 0.5) is 0 Å². The Bertz CT molecular complexity index is 1130. The van der Waals surface area contributed by atoms with Crippen molar-refractivity contribution in [3.8, 4) is 5.75 Å². The average Bonchev–Trinajstić information content (AvgIpc) is 2.87. The molecule has 2 aromatic carbocycles. The highest BCUT2D eigenvalue weighted by Crippen LogP contribution is 2.12. The molecule has 12 nitrogen and oxygen atoms in total. The molecule has 4 atom stereocenters. The Morgan fingerprint density at radius 3 is 1.68 bits per heavy atom. The zero-order valence-electron chi connectivity index (χ0n) is 20.2. The number of thiol groups is 1. The number of hydrogen-bond donors (Lipinski definition) is 8. The number of amides is 3. The highest BCUT2D eigenvalue weighted by molar-refractivity contribution is 7.80. The highest BCUT2D eigenvalue weighted by atomic mass is 32.1. The lowest BCUT2D eigenvalue weighted by Gasteiger charge is -2.25. The van der Waals surface area contributed by atoms with Crippen molar-refractivity contribution in [1.29, 1.82) is 0 Å². The standard InChI is InChI=1S/C25H30N4O8S/c26-17(12-21(31)32)22(33)27-18(11-15-6-8-16(30)9-7-15)23(34)28-19(10-14-4-2-1-3-5-14)24(35)29-20(13-38)25(36)37/h1-9,17-20,30,38H,10-13,26H2,(H,27,33)(H,28,34)(H,29,35)(H,31,32)(H,36,37). The van der Waals surface area contributed by atoms with E-state index in [0.717, 1.165) is 0 Å². The van der Waals surface area contributed by atoms with E-state index in [1.54, 1.807) is 30.3 Å². The summed E-state index contributed by atoms with van der Waals surface area (Å²) in [7, 11) is 0. The topological polar surface area (TPSA) is 208 Å². The van der Waals surface area contributed by atoms with Gasteiger partial charge in [-0.15, -0.1) is 0 Å². The summed E-state index contributed by atoms with van der Waals surface area (Å²) in [6.07, 6.45) is -0.736. The van der Waals surface area contributed by atoms with Crippen LogP contribution in [0.25, 0.3) is 0 Å². The number of carboxylic acid groups (broad SMARTS) is 2. The van der Waals surface area contributed by atoms with Crippen LogP contribution >= 0.6 is 12.6 Å². The van der Waals surface area contributed by atoms with Gasteiger partial charge in [0.1, 0.15) is 23.9 Å². The number of nitrogens with one attached hydrogen (secondary N) is 3. The fraction of sp³-hybridized carbons (Fsp3) is 0.320. The molecule has 0 fully saturated rings. The molecule has 204 valence electrons. The van der Waals surface area contributed by atoms with Gasteiger partial charge < -0.3 is 37.0 Å². The molecule has 0 bridgehead atoms. The first-order valence-electron chi connectivity index (χ1n) is 11.5. The molecule has 38 heavy (non-hydrogen) atoms. The van der Waals surface area contributed by atoms with E-state index in [4.69, 9.17) is 10.8 Å². The molecule has 0 spiro atoms. The number of carbonyl (C=O) groups is 5. The van der Waals surface area contributed by atoms with Crippen LogP contribution in [0.1, 0.15) is 17.5 Å². The molecular weight excluding hydrogens is 516 g/mol. The molecule has 3 amide bonds. The van der Waals surface area contributed by atoms with Crippen LogP contribution in [0.3, 0.4) is 0 Å². The molecule has 0 saturated carbocycles. The van der Waals surface area contributed by atoms with Gasteiger partial charge in [-0.3, -0.25) is 19.2 Å². The van der Waals surface area contributed by atoms with Gasteiger partial charge in [-0.25, -0.2) is 4.79 Å². The number of carbonyl (C=O) groups excluding carboxylic acids is 3. The molecule has 2 aromatic rings. The van der Waals surface area contributed by atoms with Crippen molar-refractivity contribution >= 4 is 42.3 Å². The maximum absolute atomic E-state index is 13.3. The smallest absolute Gasteiger partial charge is 0.327 e. The largest absolute Gasteiger partial charge is 0.508 e. The Morgan fingerprint density at radius 1 is 0.737 bits per heavy atom. The maximum atomic E-state index is 13.3. The van der Waals surface area contributed by atoms with Crippen LogP contribution in [-0.4, -0.2) is 74.9 Å². The first kappa shape index (κ1) is 30.1. The summed E-state index contributed by atoms with van der Waals surface area (Å²) in [6, 6.07) is 9.26. The third-order valence-electron chi connectivity index (χ3n) is 5.45. The van der Waals surface area contributed by atoms with E-state index in [1.165, 1.54) is 24.3 Å². The number of benzene rings is 2. The van der Waals surface area contributed by atoms with Gasteiger partial charge in [0.2, 0.25) is 17.7 Å². The molecule has 0 saturated heterocycles. The summed E-state index contributed by atoms with van der Waals surface area (Å²) < 4.78 is 0. The lowest BCUT2D eigenvalue weighted by Crippen LogP contribution is -2.58. The third-order valence-corrected chi connectivity index (χ3v) is 5.82. The van der Waals surface area contributed by atoms with Gasteiger partial charge in [-0.2, -0.15) is 12.6 Å². The average molecular weight is 547 g/mol. The Morgan fingerprint density at radius 2 is 1.21 bits per heavy atom. The zero-order valence-corrected chi connectivity index (χ0v) is 21.1. The molecule has 0 aliphatic heterocycles. The predicted molar refractivity (Wildman–Crippen MR) is 139 cm³/mol. The van der Waals surface area contributed by atoms with E-state index < -0.39 is 60.2 Å². The Hall–Kier alpha value is -4.10. The quantitative estimate of drug-likeness (QED) is 0.143. The predicted octanol–water partition coefficient (Wildman–Crippen LogP) is -0.552. The molecular formula is C25H30N4O8S. The lowest BCUT2D eigenvalue weighted by molar-refractivity contribution is -0.141. The number of rotatable bonds is 14. The van der Waals surface area contributed by atoms with Crippen LogP contribution in [0.15, 0.2) is 54.6 Å². The van der Waals surface area contributed by atoms with Gasteiger partial charge in [0.25, 0.3) is 0 Å². The Labute approximate surface area is 224 Å². The molecule has 4 unspecified atom stereocenters. The minimum atomic E-state index is -1.43. The summed E-state index contributed by atoms with van der Waals surface area (Å²) in [5, 5.41) is 35.1. The van der Waals surface area contributed by atoms with Crippen molar-refractivity contribution in [1.82, 2.24) is 16.0 Å². The number of nitrogens with two attached hydrogens (primary N) is 1. The fourth-order valence-corrected chi connectivity index (χ4v) is 3.67. The summed E-state index contributed by atoms with van der Waals surface area (Å²) in [5.41, 5.74) is 6.86. The van der Waals surface area contributed by atoms with E-state index in [0.29, 0.717) is 11.1 Å². The molecule has 13 heteroatoms. The highest BCUT2D eigenvalue weighted by Gasteiger charge is 2.30. The number of carboxylic acids is 2. The SMILES string of the molecule is NC(CC(=O)O)C(=O)NC(Cc1ccc(O)cc1)C(=O)NC(Cc1ccccc1)C(=O)NC(CS)C(=O)O. The summed E-state index contributed by atoms with van der Waals surface area (Å²) >= 11 is 3.94. The van der Waals surface area contributed by atoms with Crippen molar-refractivity contribution in [3.05, 3.63) is 65.7 Å². The number of phenolic OH excluding ortho intramolecular Hbond substituents is 1. The Balaban J connectivity index is 2.30. The molecule has 0 radical (unpaired) electrons. The normalized spacial score (nSPS) is 13.8. The van der Waals surface area contributed by atoms with Crippen LogP contribution in [-0.2, 0) is 36.8 Å². The number of aromatic hydroxyl groups is 1. The monoisotopic (exact) mass is 546 g/mol. The van der Waals surface area contributed by atoms with Gasteiger partial charge in [0.05, 0.1) is 12.5 Å². The van der Waals surface area contributed by atoms with Gasteiger partial charge in [0.15, 0.2) is 0 Å². The minimum Gasteiger partial charge on any atom is -0.508 e. The van der Waals surface area contributed by atoms with E-state index in [2.05, 4.69) is 28.6 Å². The van der Waals surface area contributed by atoms with Crippen molar-refractivity contribution in [2.45, 2.75) is 43.4 Å². The fourth-order valence-electron chi connectivity index (χ4n) is 3.43. The van der Waals surface area contributed by atoms with Gasteiger partial charge in [0, 0.05) is 18.6 Å². The molecule has 0 heterocycles. The van der Waals surface area contributed by atoms with Crippen molar-refractivity contribution in [3.63, 3.8) is 0 Å². The second-order valence-electron chi connectivity index (χ2n) is 8.47. The van der Waals surface area contributed by atoms with Crippen molar-refractivity contribution in [2.75, 3.05) is 5.75 Å². The number of hydrogen-bond acceptors (Lipinski definition) is 8. The van der Waals surface area contributed by atoms with Crippen LogP contribution in [0.5, 0.6) is 5.75 Å². The van der Waals surface area contributed by atoms with Crippen LogP contribution < -0.4 is 21.7 Å². The number of phenols is 1. The first-order chi connectivity index (χ1) is 18.0. The molecule has 0 aliphatic rings. The second-order valence-corrected chi connectivity index (χ2v) is 8.83. The van der Waals surface area contributed by atoms with E-state index in [9.17, 15) is 34.2 Å². The van der Waals surface area contributed by atoms with E-state index in [1.807, 2.05) is 0 Å². The molecule has 8 N–H and O–H groups in total. The van der Waals surface area contributed by atoms with E-state index in [-0.39, 0.29) is 24.3 Å². The van der Waals surface area contributed by atoms with Crippen molar-refractivity contribution < 1.29 is 39.3 Å². The van der Waals surface area contributed by atoms with Gasteiger partial charge >= 0.3 is 11.9 Å². The van der Waals surface area contributed by atoms with Gasteiger partial charge in [-0.1, -0.05) is 42.5 Å².